The highest BCUT2D eigenvalue weighted by Gasteiger charge is 2.19. The number of rotatable bonds is 3. The molecule has 1 aliphatic rings. The van der Waals surface area contributed by atoms with Crippen molar-refractivity contribution in [3.8, 4) is 0 Å². The van der Waals surface area contributed by atoms with E-state index in [0.29, 0.717) is 0 Å². The van der Waals surface area contributed by atoms with Crippen LogP contribution in [0.1, 0.15) is 17.5 Å². The Morgan fingerprint density at radius 3 is 3.00 bits per heavy atom. The van der Waals surface area contributed by atoms with Gasteiger partial charge in [0.2, 0.25) is 0 Å². The van der Waals surface area contributed by atoms with Crippen LogP contribution in [0.3, 0.4) is 0 Å². The van der Waals surface area contributed by atoms with Crippen molar-refractivity contribution in [3.63, 3.8) is 0 Å². The maximum atomic E-state index is 5.53. The van der Waals surface area contributed by atoms with Crippen LogP contribution in [0.25, 0.3) is 0 Å². The van der Waals surface area contributed by atoms with E-state index in [9.17, 15) is 0 Å². The van der Waals surface area contributed by atoms with Gasteiger partial charge in [-0.15, -0.1) is 0 Å². The number of benzene rings is 1. The van der Waals surface area contributed by atoms with Crippen molar-refractivity contribution in [1.29, 1.82) is 0 Å². The van der Waals surface area contributed by atoms with Crippen LogP contribution < -0.4 is 10.6 Å². The van der Waals surface area contributed by atoms with Gasteiger partial charge in [0.05, 0.1) is 5.69 Å². The fourth-order valence-electron chi connectivity index (χ4n) is 2.19. The van der Waals surface area contributed by atoms with Gasteiger partial charge in [-0.05, 0) is 58.9 Å². The van der Waals surface area contributed by atoms with Crippen molar-refractivity contribution < 1.29 is 0 Å². The highest BCUT2D eigenvalue weighted by Crippen LogP contribution is 2.35. The van der Waals surface area contributed by atoms with Gasteiger partial charge < -0.3 is 10.6 Å². The summed E-state index contributed by atoms with van der Waals surface area (Å²) in [6, 6.07) is 4.57. The van der Waals surface area contributed by atoms with E-state index in [2.05, 4.69) is 40.0 Å². The first-order valence-corrected chi connectivity index (χ1v) is 6.24. The topological polar surface area (TPSA) is 29.3 Å². The summed E-state index contributed by atoms with van der Waals surface area (Å²) >= 11 is 3.66. The van der Waals surface area contributed by atoms with Crippen molar-refractivity contribution in [3.05, 3.63) is 27.7 Å². The molecule has 1 aromatic rings. The molecule has 82 valence electrons. The molecule has 0 aromatic heterocycles. The van der Waals surface area contributed by atoms with Crippen LogP contribution in [0.15, 0.2) is 16.6 Å². The summed E-state index contributed by atoms with van der Waals surface area (Å²) in [6.45, 7) is 1.91. The van der Waals surface area contributed by atoms with Crippen molar-refractivity contribution in [2.45, 2.75) is 19.3 Å². The maximum absolute atomic E-state index is 5.53. The van der Waals surface area contributed by atoms with Gasteiger partial charge in [0.1, 0.15) is 0 Å². The Hall–Kier alpha value is -0.540. The van der Waals surface area contributed by atoms with E-state index in [0.717, 1.165) is 25.9 Å². The quantitative estimate of drug-likeness (QED) is 0.912. The Morgan fingerprint density at radius 1 is 1.47 bits per heavy atom. The minimum absolute atomic E-state index is 0.772. The predicted octanol–water partition coefficient (Wildman–Crippen LogP) is 2.33. The summed E-state index contributed by atoms with van der Waals surface area (Å²) in [4.78, 5) is 2.31. The lowest BCUT2D eigenvalue weighted by Crippen LogP contribution is -2.12. The largest absolute Gasteiger partial charge is 0.373 e. The van der Waals surface area contributed by atoms with E-state index in [1.54, 1.807) is 0 Å². The van der Waals surface area contributed by atoms with Gasteiger partial charge in [0, 0.05) is 18.1 Å². The van der Waals surface area contributed by atoms with E-state index >= 15 is 0 Å². The fourth-order valence-corrected chi connectivity index (χ4v) is 3.04. The smallest absolute Gasteiger partial charge is 0.0541 e. The van der Waals surface area contributed by atoms with Gasteiger partial charge in [-0.2, -0.15) is 0 Å². The molecule has 15 heavy (non-hydrogen) atoms. The molecule has 1 aliphatic heterocycles. The molecule has 0 aliphatic carbocycles. The molecule has 0 radical (unpaired) electrons. The predicted molar refractivity (Wildman–Crippen MR) is 68.5 cm³/mol. The molecule has 0 bridgehead atoms. The van der Waals surface area contributed by atoms with Crippen LogP contribution in [-0.2, 0) is 12.8 Å². The molecular weight excluding hydrogens is 252 g/mol. The summed E-state index contributed by atoms with van der Waals surface area (Å²) in [5.74, 6) is 0. The van der Waals surface area contributed by atoms with Crippen LogP contribution in [-0.4, -0.2) is 20.1 Å². The minimum atomic E-state index is 0.772. The third kappa shape index (κ3) is 2.18. The average molecular weight is 269 g/mol. The first-order valence-electron chi connectivity index (χ1n) is 5.45. The first kappa shape index (κ1) is 11.0. The molecule has 3 heteroatoms. The highest BCUT2D eigenvalue weighted by atomic mass is 79.9. The molecule has 2 nitrogen and oxygen atoms in total. The number of aryl methyl sites for hydroxylation is 1. The van der Waals surface area contributed by atoms with Gasteiger partial charge in [-0.1, -0.05) is 6.07 Å². The highest BCUT2D eigenvalue weighted by molar-refractivity contribution is 9.10. The average Bonchev–Trinajstić information content (AvgIpc) is 2.58. The number of nitrogens with zero attached hydrogens (tertiary/aromatic N) is 1. The Balaban J connectivity index is 2.27. The number of hydrogen-bond donors (Lipinski definition) is 1. The van der Waals surface area contributed by atoms with Crippen LogP contribution in [0.2, 0.25) is 0 Å². The van der Waals surface area contributed by atoms with Crippen LogP contribution in [0, 0.1) is 0 Å². The number of fused-ring (bicyclic) bond motifs is 1. The first-order chi connectivity index (χ1) is 7.22. The SMILES string of the molecule is CN1CCc2cc(CCCN)cc(Br)c21. The summed E-state index contributed by atoms with van der Waals surface area (Å²) < 4.78 is 1.23. The second-order valence-electron chi connectivity index (χ2n) is 4.15. The van der Waals surface area contributed by atoms with E-state index in [1.165, 1.54) is 27.7 Å². The van der Waals surface area contributed by atoms with Gasteiger partial charge in [-0.25, -0.2) is 0 Å². The number of likely N-dealkylation sites (N-methyl/N-ethyl adjacent to an activating group) is 1. The number of halogens is 1. The van der Waals surface area contributed by atoms with Crippen molar-refractivity contribution >= 4 is 21.6 Å². The van der Waals surface area contributed by atoms with Crippen LogP contribution in [0.5, 0.6) is 0 Å². The van der Waals surface area contributed by atoms with Crippen molar-refractivity contribution in [2.75, 3.05) is 25.0 Å². The Kier molecular flexibility index (Phi) is 3.32. The summed E-state index contributed by atoms with van der Waals surface area (Å²) in [6.07, 6.45) is 3.33. The van der Waals surface area contributed by atoms with Crippen LogP contribution >= 0.6 is 15.9 Å². The summed E-state index contributed by atoms with van der Waals surface area (Å²) in [7, 11) is 2.15. The Bertz CT molecular complexity index is 363. The van der Waals surface area contributed by atoms with Gasteiger partial charge >= 0.3 is 0 Å². The molecular formula is C12H17BrN2. The molecule has 1 aromatic carbocycles. The monoisotopic (exact) mass is 268 g/mol. The molecule has 0 saturated heterocycles. The molecule has 0 atom stereocenters. The second kappa shape index (κ2) is 4.54. The zero-order valence-electron chi connectivity index (χ0n) is 9.09. The van der Waals surface area contributed by atoms with E-state index in [-0.39, 0.29) is 0 Å². The summed E-state index contributed by atoms with van der Waals surface area (Å²) in [5.41, 5.74) is 9.77. The molecule has 0 saturated carbocycles. The lowest BCUT2D eigenvalue weighted by molar-refractivity contribution is 0.831. The molecule has 0 unspecified atom stereocenters. The standard InChI is InChI=1S/C12H17BrN2/c1-15-6-4-10-7-9(3-2-5-14)8-11(13)12(10)15/h7-8H,2-6,14H2,1H3. The van der Waals surface area contributed by atoms with E-state index < -0.39 is 0 Å². The molecule has 1 heterocycles. The zero-order valence-corrected chi connectivity index (χ0v) is 10.7. The molecule has 2 rings (SSSR count). The van der Waals surface area contributed by atoms with E-state index in [4.69, 9.17) is 5.73 Å². The van der Waals surface area contributed by atoms with Gasteiger partial charge in [0.15, 0.2) is 0 Å². The minimum Gasteiger partial charge on any atom is -0.373 e. The lowest BCUT2D eigenvalue weighted by Gasteiger charge is -2.14. The second-order valence-corrected chi connectivity index (χ2v) is 5.00. The fraction of sp³-hybridized carbons (Fsp3) is 0.500. The molecule has 0 amide bonds. The van der Waals surface area contributed by atoms with Gasteiger partial charge in [-0.3, -0.25) is 0 Å². The maximum Gasteiger partial charge on any atom is 0.0541 e. The van der Waals surface area contributed by atoms with Crippen LogP contribution in [0.4, 0.5) is 5.69 Å². The van der Waals surface area contributed by atoms with Gasteiger partial charge in [0.25, 0.3) is 0 Å². The van der Waals surface area contributed by atoms with E-state index in [1.807, 2.05) is 0 Å². The number of nitrogens with two attached hydrogens (primary N) is 1. The lowest BCUT2D eigenvalue weighted by atomic mass is 10.0. The normalized spacial score (nSPS) is 14.5. The molecule has 0 fully saturated rings. The molecule has 0 spiro atoms. The van der Waals surface area contributed by atoms with Crippen molar-refractivity contribution in [1.82, 2.24) is 0 Å². The molecule has 2 N–H and O–H groups in total. The third-order valence-electron chi connectivity index (χ3n) is 2.97. The third-order valence-corrected chi connectivity index (χ3v) is 3.57. The number of anilines is 1. The Labute approximate surface area is 99.6 Å². The summed E-state index contributed by atoms with van der Waals surface area (Å²) in [5, 5.41) is 0. The number of hydrogen-bond acceptors (Lipinski definition) is 2. The zero-order chi connectivity index (χ0) is 10.8. The Morgan fingerprint density at radius 2 is 2.27 bits per heavy atom. The van der Waals surface area contributed by atoms with Crippen molar-refractivity contribution in [2.24, 2.45) is 5.73 Å².